The zero-order valence-corrected chi connectivity index (χ0v) is 12.0. The van der Waals surface area contributed by atoms with Gasteiger partial charge in [-0.2, -0.15) is 0 Å². The minimum absolute atomic E-state index is 0.151. The van der Waals surface area contributed by atoms with Crippen LogP contribution < -0.4 is 5.32 Å². The number of rotatable bonds is 4. The summed E-state index contributed by atoms with van der Waals surface area (Å²) in [5.74, 6) is -1.25. The van der Waals surface area contributed by atoms with E-state index in [0.29, 0.717) is 22.0 Å². The van der Waals surface area contributed by atoms with Crippen molar-refractivity contribution in [2.75, 3.05) is 5.32 Å². The Labute approximate surface area is 126 Å². The minimum Gasteiger partial charge on any atom is -0.481 e. The van der Waals surface area contributed by atoms with Crippen molar-refractivity contribution in [3.05, 3.63) is 58.4 Å². The number of pyridine rings is 1. The number of carbonyl (C=O) groups excluding carboxylic acids is 1. The van der Waals surface area contributed by atoms with Gasteiger partial charge in [0, 0.05) is 10.6 Å². The molecule has 2 rings (SSSR count). The van der Waals surface area contributed by atoms with Crippen LogP contribution in [-0.4, -0.2) is 22.0 Å². The molecule has 0 fully saturated rings. The number of aryl methyl sites for hydroxylation is 1. The molecule has 1 aromatic heterocycles. The Kier molecular flexibility index (Phi) is 4.55. The number of hydrogen-bond acceptors (Lipinski definition) is 3. The summed E-state index contributed by atoms with van der Waals surface area (Å²) in [6.45, 7) is 1.86. The van der Waals surface area contributed by atoms with Crippen LogP contribution in [-0.2, 0) is 11.2 Å². The van der Waals surface area contributed by atoms with Gasteiger partial charge in [-0.1, -0.05) is 17.7 Å². The molecule has 1 heterocycles. The molecule has 1 aromatic carbocycles. The van der Waals surface area contributed by atoms with Gasteiger partial charge in [-0.3, -0.25) is 14.6 Å². The molecule has 0 spiro atoms. The van der Waals surface area contributed by atoms with E-state index >= 15 is 0 Å². The molecule has 6 heteroatoms. The molecule has 0 aliphatic heterocycles. The second-order valence-electron chi connectivity index (χ2n) is 4.53. The van der Waals surface area contributed by atoms with Crippen LogP contribution in [0.5, 0.6) is 0 Å². The first-order valence-electron chi connectivity index (χ1n) is 6.20. The summed E-state index contributed by atoms with van der Waals surface area (Å²) in [6, 6.07) is 8.22. The number of carboxylic acids is 1. The van der Waals surface area contributed by atoms with Crippen molar-refractivity contribution in [2.45, 2.75) is 13.3 Å². The number of carboxylic acid groups (broad SMARTS) is 1. The molecule has 2 aromatic rings. The van der Waals surface area contributed by atoms with E-state index in [9.17, 15) is 9.59 Å². The summed E-state index contributed by atoms with van der Waals surface area (Å²) in [4.78, 5) is 26.6. The summed E-state index contributed by atoms with van der Waals surface area (Å²) in [7, 11) is 0. The number of benzene rings is 1. The third kappa shape index (κ3) is 4.03. The number of aromatic nitrogens is 1. The van der Waals surface area contributed by atoms with Crippen LogP contribution in [0.25, 0.3) is 0 Å². The summed E-state index contributed by atoms with van der Waals surface area (Å²) in [6.07, 6.45) is 1.27. The van der Waals surface area contributed by atoms with Gasteiger partial charge in [-0.25, -0.2) is 0 Å². The Morgan fingerprint density at radius 3 is 2.62 bits per heavy atom. The third-order valence-corrected chi connectivity index (χ3v) is 3.26. The van der Waals surface area contributed by atoms with Crippen LogP contribution in [0.4, 0.5) is 5.69 Å². The average molecular weight is 305 g/mol. The molecule has 1 amide bonds. The summed E-state index contributed by atoms with van der Waals surface area (Å²) >= 11 is 5.98. The number of hydrogen-bond donors (Lipinski definition) is 2. The maximum atomic E-state index is 12.0. The van der Waals surface area contributed by atoms with Crippen LogP contribution in [0.15, 0.2) is 36.5 Å². The molecule has 0 saturated carbocycles. The Balaban J connectivity index is 2.08. The molecule has 2 N–H and O–H groups in total. The number of anilines is 1. The topological polar surface area (TPSA) is 79.3 Å². The lowest BCUT2D eigenvalue weighted by molar-refractivity contribution is -0.136. The number of nitrogens with zero attached hydrogens (tertiary/aromatic N) is 1. The molecule has 0 radical (unpaired) electrons. The van der Waals surface area contributed by atoms with Gasteiger partial charge in [0.15, 0.2) is 0 Å². The van der Waals surface area contributed by atoms with E-state index in [4.69, 9.17) is 16.7 Å². The first-order chi connectivity index (χ1) is 9.95. The van der Waals surface area contributed by atoms with Crippen molar-refractivity contribution in [3.8, 4) is 0 Å². The van der Waals surface area contributed by atoms with Crippen LogP contribution in [0.3, 0.4) is 0 Å². The first kappa shape index (κ1) is 15.0. The van der Waals surface area contributed by atoms with E-state index in [1.807, 2.05) is 6.92 Å². The van der Waals surface area contributed by atoms with Crippen molar-refractivity contribution >= 4 is 29.2 Å². The standard InChI is InChI=1S/C15H13ClN2O3/c1-9-2-3-10(6-13(9)16)15(21)18-12-5-4-11(17-8-12)7-14(19)20/h2-6,8H,7H2,1H3,(H,18,21)(H,19,20). The fraction of sp³-hybridized carbons (Fsp3) is 0.133. The highest BCUT2D eigenvalue weighted by molar-refractivity contribution is 6.31. The second-order valence-corrected chi connectivity index (χ2v) is 4.93. The van der Waals surface area contributed by atoms with Crippen molar-refractivity contribution in [1.29, 1.82) is 0 Å². The van der Waals surface area contributed by atoms with Crippen LogP contribution in [0.1, 0.15) is 21.6 Å². The van der Waals surface area contributed by atoms with Crippen LogP contribution >= 0.6 is 11.6 Å². The highest BCUT2D eigenvalue weighted by Crippen LogP contribution is 2.17. The van der Waals surface area contributed by atoms with Gasteiger partial charge in [0.05, 0.1) is 24.0 Å². The molecular weight excluding hydrogens is 292 g/mol. The van der Waals surface area contributed by atoms with Crippen LogP contribution in [0.2, 0.25) is 5.02 Å². The predicted octanol–water partition coefficient (Wildman–Crippen LogP) is 2.92. The number of halogens is 1. The quantitative estimate of drug-likeness (QED) is 0.910. The van der Waals surface area contributed by atoms with Gasteiger partial charge in [-0.15, -0.1) is 0 Å². The smallest absolute Gasteiger partial charge is 0.309 e. The first-order valence-corrected chi connectivity index (χ1v) is 6.58. The zero-order valence-electron chi connectivity index (χ0n) is 11.3. The molecule has 0 aliphatic carbocycles. The van der Waals surface area contributed by atoms with Gasteiger partial charge in [0.2, 0.25) is 0 Å². The third-order valence-electron chi connectivity index (χ3n) is 2.85. The van der Waals surface area contributed by atoms with E-state index in [1.54, 1.807) is 30.3 Å². The Morgan fingerprint density at radius 2 is 2.05 bits per heavy atom. The molecule has 5 nitrogen and oxygen atoms in total. The van der Waals surface area contributed by atoms with Crippen molar-refractivity contribution in [2.24, 2.45) is 0 Å². The number of nitrogens with one attached hydrogen (secondary N) is 1. The Morgan fingerprint density at radius 1 is 1.29 bits per heavy atom. The van der Waals surface area contributed by atoms with Gasteiger partial charge in [0.25, 0.3) is 5.91 Å². The molecule has 0 aliphatic rings. The minimum atomic E-state index is -0.950. The highest BCUT2D eigenvalue weighted by Gasteiger charge is 2.08. The van der Waals surface area contributed by atoms with Crippen LogP contribution in [0, 0.1) is 6.92 Å². The maximum Gasteiger partial charge on any atom is 0.309 e. The normalized spacial score (nSPS) is 10.2. The van der Waals surface area contributed by atoms with Gasteiger partial charge in [-0.05, 0) is 36.8 Å². The van der Waals surface area contributed by atoms with Gasteiger partial charge in [0.1, 0.15) is 0 Å². The van der Waals surface area contributed by atoms with E-state index in [2.05, 4.69) is 10.3 Å². The molecule has 21 heavy (non-hydrogen) atoms. The van der Waals surface area contributed by atoms with E-state index in [0.717, 1.165) is 5.56 Å². The van der Waals surface area contributed by atoms with Gasteiger partial charge < -0.3 is 10.4 Å². The lowest BCUT2D eigenvalue weighted by atomic mass is 10.1. The Bertz CT molecular complexity index is 684. The van der Waals surface area contributed by atoms with Crippen molar-refractivity contribution < 1.29 is 14.7 Å². The van der Waals surface area contributed by atoms with Crippen molar-refractivity contribution in [3.63, 3.8) is 0 Å². The number of aliphatic carboxylic acids is 1. The SMILES string of the molecule is Cc1ccc(C(=O)Nc2ccc(CC(=O)O)nc2)cc1Cl. The highest BCUT2D eigenvalue weighted by atomic mass is 35.5. The second kappa shape index (κ2) is 6.37. The largest absolute Gasteiger partial charge is 0.481 e. The molecule has 0 bridgehead atoms. The predicted molar refractivity (Wildman–Crippen MR) is 79.7 cm³/mol. The van der Waals surface area contributed by atoms with E-state index in [1.165, 1.54) is 6.20 Å². The molecule has 0 unspecified atom stereocenters. The van der Waals surface area contributed by atoms with Gasteiger partial charge >= 0.3 is 5.97 Å². The summed E-state index contributed by atoms with van der Waals surface area (Å²) in [5, 5.41) is 11.9. The fourth-order valence-corrected chi connectivity index (χ4v) is 1.88. The summed E-state index contributed by atoms with van der Waals surface area (Å²) in [5.41, 5.74) is 2.26. The maximum absolute atomic E-state index is 12.0. The number of carbonyl (C=O) groups is 2. The Hall–Kier alpha value is -2.40. The van der Waals surface area contributed by atoms with Crippen molar-refractivity contribution in [1.82, 2.24) is 4.98 Å². The van der Waals surface area contributed by atoms with E-state index < -0.39 is 5.97 Å². The van der Waals surface area contributed by atoms with E-state index in [-0.39, 0.29) is 12.3 Å². The molecular formula is C15H13ClN2O3. The number of amides is 1. The molecule has 0 atom stereocenters. The molecule has 108 valence electrons. The average Bonchev–Trinajstić information content (AvgIpc) is 2.43. The molecule has 0 saturated heterocycles. The lowest BCUT2D eigenvalue weighted by Gasteiger charge is -2.07. The fourth-order valence-electron chi connectivity index (χ4n) is 1.70. The lowest BCUT2D eigenvalue weighted by Crippen LogP contribution is -2.12. The zero-order chi connectivity index (χ0) is 15.4. The summed E-state index contributed by atoms with van der Waals surface area (Å²) < 4.78 is 0. The monoisotopic (exact) mass is 304 g/mol.